The van der Waals surface area contributed by atoms with Gasteiger partial charge in [0, 0.05) is 19.2 Å². The fraction of sp³-hybridized carbons (Fsp3) is 0.533. The van der Waals surface area contributed by atoms with Gasteiger partial charge in [0.2, 0.25) is 0 Å². The highest BCUT2D eigenvalue weighted by atomic mass is 19.1. The van der Waals surface area contributed by atoms with Gasteiger partial charge in [0.1, 0.15) is 5.82 Å². The SMILES string of the molecule is Cc1cccc(C(=O)N(CCCO)C2CCC2)c1F. The summed E-state index contributed by atoms with van der Waals surface area (Å²) in [6.45, 7) is 2.20. The zero-order valence-corrected chi connectivity index (χ0v) is 11.2. The lowest BCUT2D eigenvalue weighted by Crippen LogP contribution is -2.45. The lowest BCUT2D eigenvalue weighted by Gasteiger charge is -2.37. The van der Waals surface area contributed by atoms with Crippen molar-refractivity contribution in [1.29, 1.82) is 0 Å². The van der Waals surface area contributed by atoms with Crippen LogP contribution < -0.4 is 0 Å². The van der Waals surface area contributed by atoms with Crippen LogP contribution >= 0.6 is 0 Å². The third kappa shape index (κ3) is 2.95. The standard InChI is InChI=1S/C15H20FNO2/c1-11-5-2-8-13(14(11)16)15(19)17(9-4-10-18)12-6-3-7-12/h2,5,8,12,18H,3-4,6-7,9-10H2,1H3. The largest absolute Gasteiger partial charge is 0.396 e. The van der Waals surface area contributed by atoms with Crippen LogP contribution in [0.2, 0.25) is 0 Å². The van der Waals surface area contributed by atoms with Crippen molar-refractivity contribution >= 4 is 5.91 Å². The number of hydrogen-bond donors (Lipinski definition) is 1. The average Bonchev–Trinajstić information content (AvgIpc) is 2.34. The number of rotatable bonds is 5. The van der Waals surface area contributed by atoms with Crippen LogP contribution in [0, 0.1) is 12.7 Å². The van der Waals surface area contributed by atoms with Gasteiger partial charge in [-0.1, -0.05) is 12.1 Å². The van der Waals surface area contributed by atoms with E-state index in [4.69, 9.17) is 5.11 Å². The first-order valence-corrected chi connectivity index (χ1v) is 6.82. The van der Waals surface area contributed by atoms with Crippen LogP contribution in [-0.2, 0) is 0 Å². The normalized spacial score (nSPS) is 15.1. The van der Waals surface area contributed by atoms with E-state index in [1.807, 2.05) is 0 Å². The van der Waals surface area contributed by atoms with E-state index in [-0.39, 0.29) is 24.1 Å². The first-order chi connectivity index (χ1) is 9.15. The van der Waals surface area contributed by atoms with Crippen LogP contribution in [0.1, 0.15) is 41.6 Å². The van der Waals surface area contributed by atoms with E-state index in [0.29, 0.717) is 18.5 Å². The summed E-state index contributed by atoms with van der Waals surface area (Å²) in [4.78, 5) is 14.2. The van der Waals surface area contributed by atoms with Gasteiger partial charge in [-0.2, -0.15) is 0 Å². The lowest BCUT2D eigenvalue weighted by atomic mass is 9.90. The van der Waals surface area contributed by atoms with Crippen molar-refractivity contribution in [3.8, 4) is 0 Å². The van der Waals surface area contributed by atoms with E-state index in [2.05, 4.69) is 0 Å². The predicted molar refractivity (Wildman–Crippen MR) is 71.5 cm³/mol. The second-order valence-corrected chi connectivity index (χ2v) is 5.10. The van der Waals surface area contributed by atoms with Crippen molar-refractivity contribution in [2.24, 2.45) is 0 Å². The van der Waals surface area contributed by atoms with E-state index in [9.17, 15) is 9.18 Å². The second-order valence-electron chi connectivity index (χ2n) is 5.10. The molecule has 1 aliphatic carbocycles. The minimum Gasteiger partial charge on any atom is -0.396 e. The molecule has 0 spiro atoms. The number of aliphatic hydroxyl groups is 1. The molecule has 3 nitrogen and oxygen atoms in total. The van der Waals surface area contributed by atoms with Gasteiger partial charge in [-0.25, -0.2) is 4.39 Å². The zero-order chi connectivity index (χ0) is 13.8. The van der Waals surface area contributed by atoms with Gasteiger partial charge in [-0.05, 0) is 44.2 Å². The average molecular weight is 265 g/mol. The molecule has 0 aromatic heterocycles. The molecule has 1 N–H and O–H groups in total. The molecule has 1 aliphatic rings. The molecule has 104 valence electrons. The first-order valence-electron chi connectivity index (χ1n) is 6.82. The fourth-order valence-electron chi connectivity index (χ4n) is 2.36. The summed E-state index contributed by atoms with van der Waals surface area (Å²) in [5.74, 6) is -0.680. The number of carbonyl (C=O) groups is 1. The molecule has 0 aliphatic heterocycles. The number of nitrogens with zero attached hydrogens (tertiary/aromatic N) is 1. The van der Waals surface area contributed by atoms with E-state index in [0.717, 1.165) is 19.3 Å². The summed E-state index contributed by atoms with van der Waals surface area (Å²) in [7, 11) is 0. The fourth-order valence-corrected chi connectivity index (χ4v) is 2.36. The van der Waals surface area contributed by atoms with Crippen LogP contribution in [0.25, 0.3) is 0 Å². The van der Waals surface area contributed by atoms with Gasteiger partial charge in [-0.3, -0.25) is 4.79 Å². The zero-order valence-electron chi connectivity index (χ0n) is 11.2. The summed E-state index contributed by atoms with van der Waals surface area (Å²) >= 11 is 0. The van der Waals surface area contributed by atoms with Gasteiger partial charge < -0.3 is 10.0 Å². The van der Waals surface area contributed by atoms with Crippen LogP contribution in [0.15, 0.2) is 18.2 Å². The molecule has 1 fully saturated rings. The topological polar surface area (TPSA) is 40.5 Å². The maximum atomic E-state index is 14.0. The van der Waals surface area contributed by atoms with Crippen molar-refractivity contribution in [1.82, 2.24) is 4.90 Å². The summed E-state index contributed by atoms with van der Waals surface area (Å²) in [6, 6.07) is 5.11. The minimum atomic E-state index is -0.430. The number of aryl methyl sites for hydroxylation is 1. The quantitative estimate of drug-likeness (QED) is 0.888. The molecule has 0 unspecified atom stereocenters. The van der Waals surface area contributed by atoms with Crippen molar-refractivity contribution in [3.63, 3.8) is 0 Å². The Bertz CT molecular complexity index is 457. The Morgan fingerprint density at radius 2 is 2.21 bits per heavy atom. The smallest absolute Gasteiger partial charge is 0.257 e. The minimum absolute atomic E-state index is 0.0484. The lowest BCUT2D eigenvalue weighted by molar-refractivity contribution is 0.0557. The molecule has 0 heterocycles. The van der Waals surface area contributed by atoms with E-state index in [1.165, 1.54) is 6.07 Å². The van der Waals surface area contributed by atoms with Crippen LogP contribution in [-0.4, -0.2) is 35.1 Å². The molecule has 2 rings (SSSR count). The number of halogens is 1. The Balaban J connectivity index is 2.20. The van der Waals surface area contributed by atoms with Crippen molar-refractivity contribution < 1.29 is 14.3 Å². The van der Waals surface area contributed by atoms with E-state index < -0.39 is 5.82 Å². The maximum Gasteiger partial charge on any atom is 0.257 e. The van der Waals surface area contributed by atoms with Crippen LogP contribution in [0.3, 0.4) is 0 Å². The Kier molecular flexibility index (Phi) is 4.53. The van der Waals surface area contributed by atoms with Gasteiger partial charge >= 0.3 is 0 Å². The third-order valence-corrected chi connectivity index (χ3v) is 3.76. The van der Waals surface area contributed by atoms with Crippen LogP contribution in [0.5, 0.6) is 0 Å². The third-order valence-electron chi connectivity index (χ3n) is 3.76. The molecule has 4 heteroatoms. The molecule has 0 saturated heterocycles. The molecule has 0 atom stereocenters. The molecular formula is C15H20FNO2. The van der Waals surface area contributed by atoms with Gasteiger partial charge in [0.25, 0.3) is 5.91 Å². The van der Waals surface area contributed by atoms with Crippen LogP contribution in [0.4, 0.5) is 4.39 Å². The van der Waals surface area contributed by atoms with Crippen molar-refractivity contribution in [2.45, 2.75) is 38.6 Å². The van der Waals surface area contributed by atoms with Gasteiger partial charge in [0.05, 0.1) is 5.56 Å². The highest BCUT2D eigenvalue weighted by Gasteiger charge is 2.30. The highest BCUT2D eigenvalue weighted by molar-refractivity contribution is 5.95. The molecule has 1 aromatic carbocycles. The monoisotopic (exact) mass is 265 g/mol. The molecule has 0 bridgehead atoms. The Morgan fingerprint density at radius 3 is 2.79 bits per heavy atom. The Morgan fingerprint density at radius 1 is 1.47 bits per heavy atom. The molecular weight excluding hydrogens is 245 g/mol. The Hall–Kier alpha value is -1.42. The van der Waals surface area contributed by atoms with Crippen molar-refractivity contribution in [3.05, 3.63) is 35.1 Å². The maximum absolute atomic E-state index is 14.0. The number of aliphatic hydroxyl groups excluding tert-OH is 1. The van der Waals surface area contributed by atoms with Gasteiger partial charge in [-0.15, -0.1) is 0 Å². The number of hydrogen-bond acceptors (Lipinski definition) is 2. The van der Waals surface area contributed by atoms with E-state index in [1.54, 1.807) is 24.0 Å². The Labute approximate surface area is 113 Å². The second kappa shape index (κ2) is 6.15. The molecule has 1 amide bonds. The summed E-state index contributed by atoms with van der Waals surface area (Å²) in [5, 5.41) is 8.93. The number of carbonyl (C=O) groups excluding carboxylic acids is 1. The first kappa shape index (κ1) is 14.0. The van der Waals surface area contributed by atoms with Crippen molar-refractivity contribution in [2.75, 3.05) is 13.2 Å². The predicted octanol–water partition coefficient (Wildman–Crippen LogP) is 2.51. The van der Waals surface area contributed by atoms with E-state index >= 15 is 0 Å². The summed E-state index contributed by atoms with van der Waals surface area (Å²) in [5.41, 5.74) is 0.631. The summed E-state index contributed by atoms with van der Waals surface area (Å²) in [6.07, 6.45) is 3.61. The molecule has 19 heavy (non-hydrogen) atoms. The van der Waals surface area contributed by atoms with Gasteiger partial charge in [0.15, 0.2) is 0 Å². The summed E-state index contributed by atoms with van der Waals surface area (Å²) < 4.78 is 14.0. The molecule has 1 aromatic rings. The number of benzene rings is 1. The number of amides is 1. The molecule has 0 radical (unpaired) electrons. The highest BCUT2D eigenvalue weighted by Crippen LogP contribution is 2.27. The molecule has 1 saturated carbocycles.